The number of carbonyl (C=O) groups excluding carboxylic acids is 1. The van der Waals surface area contributed by atoms with Gasteiger partial charge in [-0.2, -0.15) is 0 Å². The van der Waals surface area contributed by atoms with Gasteiger partial charge in [0.15, 0.2) is 5.78 Å². The van der Waals surface area contributed by atoms with Crippen molar-refractivity contribution in [1.82, 2.24) is 0 Å². The van der Waals surface area contributed by atoms with E-state index in [1.807, 2.05) is 24.3 Å². The highest BCUT2D eigenvalue weighted by Gasteiger charge is 2.08. The molecule has 0 aliphatic rings. The minimum Gasteiger partial charge on any atom is -0.397 e. The van der Waals surface area contributed by atoms with Crippen LogP contribution in [-0.4, -0.2) is 5.78 Å². The zero-order chi connectivity index (χ0) is 13.8. The molecule has 2 aromatic rings. The predicted molar refractivity (Wildman–Crippen MR) is 79.3 cm³/mol. The molecule has 0 heterocycles. The van der Waals surface area contributed by atoms with Crippen LogP contribution in [0.3, 0.4) is 0 Å². The van der Waals surface area contributed by atoms with Crippen molar-refractivity contribution in [3.05, 3.63) is 59.7 Å². The number of hydrogen-bond acceptors (Lipinski definition) is 3. The smallest absolute Gasteiger partial charge is 0.159 e. The summed E-state index contributed by atoms with van der Waals surface area (Å²) in [5.74, 6) is 0.0226. The summed E-state index contributed by atoms with van der Waals surface area (Å²) in [5, 5.41) is 3.36. The molecule has 3 nitrogen and oxygen atoms in total. The van der Waals surface area contributed by atoms with Gasteiger partial charge in [-0.3, -0.25) is 4.79 Å². The van der Waals surface area contributed by atoms with Gasteiger partial charge in [-0.05, 0) is 37.6 Å². The molecule has 0 fully saturated rings. The van der Waals surface area contributed by atoms with Crippen molar-refractivity contribution in [2.24, 2.45) is 0 Å². The first-order chi connectivity index (χ1) is 9.08. The fourth-order valence-electron chi connectivity index (χ4n) is 1.97. The van der Waals surface area contributed by atoms with E-state index >= 15 is 0 Å². The maximum atomic E-state index is 11.3. The number of benzene rings is 2. The number of nitrogen functional groups attached to an aromatic ring is 1. The van der Waals surface area contributed by atoms with E-state index in [2.05, 4.69) is 24.4 Å². The normalized spacial score (nSPS) is 11.9. The van der Waals surface area contributed by atoms with Gasteiger partial charge in [-0.25, -0.2) is 0 Å². The summed E-state index contributed by atoms with van der Waals surface area (Å²) in [5.41, 5.74) is 9.24. The minimum atomic E-state index is 0.0226. The number of carbonyl (C=O) groups is 1. The number of anilines is 2. The van der Waals surface area contributed by atoms with Crippen LogP contribution in [0.15, 0.2) is 48.5 Å². The maximum Gasteiger partial charge on any atom is 0.159 e. The molecule has 0 radical (unpaired) electrons. The fourth-order valence-corrected chi connectivity index (χ4v) is 1.97. The first-order valence-corrected chi connectivity index (χ1v) is 6.30. The van der Waals surface area contributed by atoms with Crippen molar-refractivity contribution in [3.63, 3.8) is 0 Å². The molecule has 0 amide bonds. The van der Waals surface area contributed by atoms with Gasteiger partial charge < -0.3 is 11.1 Å². The van der Waals surface area contributed by atoms with Crippen LogP contribution in [0.4, 0.5) is 11.4 Å². The summed E-state index contributed by atoms with van der Waals surface area (Å²) in [7, 11) is 0. The molecule has 0 spiro atoms. The SMILES string of the molecule is CC(=O)c1ccc(NC(C)c2ccccc2)c(N)c1. The highest BCUT2D eigenvalue weighted by molar-refractivity contribution is 5.96. The third-order valence-electron chi connectivity index (χ3n) is 3.13. The van der Waals surface area contributed by atoms with E-state index < -0.39 is 0 Å². The van der Waals surface area contributed by atoms with Crippen LogP contribution in [0.1, 0.15) is 35.8 Å². The Morgan fingerprint density at radius 2 is 1.84 bits per heavy atom. The highest BCUT2D eigenvalue weighted by Crippen LogP contribution is 2.25. The molecule has 0 aromatic heterocycles. The Morgan fingerprint density at radius 3 is 2.42 bits per heavy atom. The van der Waals surface area contributed by atoms with Crippen LogP contribution in [-0.2, 0) is 0 Å². The molecule has 98 valence electrons. The molecule has 3 heteroatoms. The van der Waals surface area contributed by atoms with Gasteiger partial charge in [0.05, 0.1) is 11.4 Å². The van der Waals surface area contributed by atoms with E-state index in [0.29, 0.717) is 11.3 Å². The van der Waals surface area contributed by atoms with E-state index in [0.717, 1.165) is 5.69 Å². The van der Waals surface area contributed by atoms with Gasteiger partial charge in [-0.1, -0.05) is 30.3 Å². The Kier molecular flexibility index (Phi) is 3.85. The van der Waals surface area contributed by atoms with Gasteiger partial charge in [0.1, 0.15) is 0 Å². The minimum absolute atomic E-state index is 0.0226. The van der Waals surface area contributed by atoms with Crippen molar-refractivity contribution in [2.75, 3.05) is 11.1 Å². The van der Waals surface area contributed by atoms with Crippen molar-refractivity contribution < 1.29 is 4.79 Å². The summed E-state index contributed by atoms with van der Waals surface area (Å²) < 4.78 is 0. The molecule has 2 rings (SSSR count). The number of hydrogen-bond donors (Lipinski definition) is 2. The van der Waals surface area contributed by atoms with Crippen molar-refractivity contribution in [1.29, 1.82) is 0 Å². The van der Waals surface area contributed by atoms with Crippen LogP contribution in [0.5, 0.6) is 0 Å². The molecular formula is C16H18N2O. The lowest BCUT2D eigenvalue weighted by atomic mass is 10.1. The van der Waals surface area contributed by atoms with Crippen molar-refractivity contribution in [2.45, 2.75) is 19.9 Å². The van der Waals surface area contributed by atoms with Crippen LogP contribution in [0.25, 0.3) is 0 Å². The van der Waals surface area contributed by atoms with Gasteiger partial charge in [0.2, 0.25) is 0 Å². The van der Waals surface area contributed by atoms with E-state index in [-0.39, 0.29) is 11.8 Å². The Hall–Kier alpha value is -2.29. The zero-order valence-electron chi connectivity index (χ0n) is 11.2. The van der Waals surface area contributed by atoms with E-state index in [1.54, 1.807) is 12.1 Å². The lowest BCUT2D eigenvalue weighted by molar-refractivity contribution is 0.101. The van der Waals surface area contributed by atoms with Crippen LogP contribution in [0, 0.1) is 0 Å². The Morgan fingerprint density at radius 1 is 1.16 bits per heavy atom. The lowest BCUT2D eigenvalue weighted by Gasteiger charge is -2.17. The third-order valence-corrected chi connectivity index (χ3v) is 3.13. The summed E-state index contributed by atoms with van der Waals surface area (Å²) in [6.07, 6.45) is 0. The van der Waals surface area contributed by atoms with Crippen molar-refractivity contribution in [3.8, 4) is 0 Å². The largest absolute Gasteiger partial charge is 0.397 e. The van der Waals surface area contributed by atoms with E-state index in [1.165, 1.54) is 12.5 Å². The Bertz CT molecular complexity index is 579. The van der Waals surface area contributed by atoms with Gasteiger partial charge >= 0.3 is 0 Å². The Labute approximate surface area is 113 Å². The summed E-state index contributed by atoms with van der Waals surface area (Å²) in [4.78, 5) is 11.3. The number of nitrogens with one attached hydrogen (secondary N) is 1. The average Bonchev–Trinajstić information content (AvgIpc) is 2.41. The van der Waals surface area contributed by atoms with Gasteiger partial charge in [0, 0.05) is 11.6 Å². The number of ketones is 1. The number of nitrogens with two attached hydrogens (primary N) is 1. The Balaban J connectivity index is 2.18. The third kappa shape index (κ3) is 3.13. The van der Waals surface area contributed by atoms with E-state index in [4.69, 9.17) is 5.73 Å². The second-order valence-corrected chi connectivity index (χ2v) is 4.63. The summed E-state index contributed by atoms with van der Waals surface area (Å²) in [6, 6.07) is 15.7. The van der Waals surface area contributed by atoms with Crippen molar-refractivity contribution >= 4 is 17.2 Å². The molecule has 0 saturated heterocycles. The molecule has 3 N–H and O–H groups in total. The molecule has 2 aromatic carbocycles. The molecular weight excluding hydrogens is 236 g/mol. The molecule has 0 aliphatic carbocycles. The maximum absolute atomic E-state index is 11.3. The topological polar surface area (TPSA) is 55.1 Å². The number of rotatable bonds is 4. The predicted octanol–water partition coefficient (Wildman–Crippen LogP) is 3.64. The van der Waals surface area contributed by atoms with Crippen LogP contribution in [0.2, 0.25) is 0 Å². The highest BCUT2D eigenvalue weighted by atomic mass is 16.1. The average molecular weight is 254 g/mol. The lowest BCUT2D eigenvalue weighted by Crippen LogP contribution is -2.08. The first kappa shape index (κ1) is 13.1. The van der Waals surface area contributed by atoms with E-state index in [9.17, 15) is 4.79 Å². The molecule has 0 aliphatic heterocycles. The second-order valence-electron chi connectivity index (χ2n) is 4.63. The quantitative estimate of drug-likeness (QED) is 0.647. The molecule has 0 saturated carbocycles. The zero-order valence-corrected chi connectivity index (χ0v) is 11.2. The monoisotopic (exact) mass is 254 g/mol. The fraction of sp³-hybridized carbons (Fsp3) is 0.188. The van der Waals surface area contributed by atoms with Crippen LogP contribution < -0.4 is 11.1 Å². The van der Waals surface area contributed by atoms with Gasteiger partial charge in [0.25, 0.3) is 0 Å². The molecule has 19 heavy (non-hydrogen) atoms. The number of Topliss-reactive ketones (excluding diaryl/α,β-unsaturated/α-hetero) is 1. The standard InChI is InChI=1S/C16H18N2O/c1-11(13-6-4-3-5-7-13)18-16-9-8-14(12(2)19)10-15(16)17/h3-11,18H,17H2,1-2H3. The molecule has 1 atom stereocenters. The summed E-state index contributed by atoms with van der Waals surface area (Å²) in [6.45, 7) is 3.61. The van der Waals surface area contributed by atoms with Gasteiger partial charge in [-0.15, -0.1) is 0 Å². The second kappa shape index (κ2) is 5.57. The summed E-state index contributed by atoms with van der Waals surface area (Å²) >= 11 is 0. The van der Waals surface area contributed by atoms with Crippen LogP contribution >= 0.6 is 0 Å². The molecule has 0 bridgehead atoms. The first-order valence-electron chi connectivity index (χ1n) is 6.30. The molecule has 1 unspecified atom stereocenters.